The normalized spacial score (nSPS) is 30.3. The minimum Gasteiger partial charge on any atom is -0.327 e. The number of aryl methyl sites for hydroxylation is 1. The lowest BCUT2D eigenvalue weighted by Gasteiger charge is -2.43. The molecule has 2 unspecified atom stereocenters. The topological polar surface area (TPSA) is 55.1 Å². The fraction of sp³-hybridized carbons (Fsp3) is 0.588. The molecule has 1 aromatic carbocycles. The Morgan fingerprint density at radius 3 is 2.50 bits per heavy atom. The van der Waals surface area contributed by atoms with Gasteiger partial charge in [-0.25, -0.2) is 0 Å². The van der Waals surface area contributed by atoms with Gasteiger partial charge in [-0.3, -0.25) is 4.79 Å². The van der Waals surface area contributed by atoms with Gasteiger partial charge in [-0.1, -0.05) is 22.4 Å². The second-order valence-corrected chi connectivity index (χ2v) is 7.56. The van der Waals surface area contributed by atoms with Gasteiger partial charge in [-0.15, -0.1) is 12.4 Å². The molecule has 2 fully saturated rings. The summed E-state index contributed by atoms with van der Waals surface area (Å²) in [5, 5.41) is 3.11. The molecule has 2 aliphatic rings. The molecule has 0 radical (unpaired) electrons. The van der Waals surface area contributed by atoms with E-state index in [0.717, 1.165) is 28.6 Å². The van der Waals surface area contributed by atoms with Crippen molar-refractivity contribution in [2.24, 2.45) is 23.5 Å². The smallest absolute Gasteiger partial charge is 0.227 e. The third-order valence-corrected chi connectivity index (χ3v) is 5.72. The summed E-state index contributed by atoms with van der Waals surface area (Å²) >= 11 is 3.45. The first-order valence-corrected chi connectivity index (χ1v) is 8.66. The number of carbonyl (C=O) groups excluding carboxylic acids is 1. The number of hydrogen-bond donors (Lipinski definition) is 2. The highest BCUT2D eigenvalue weighted by Gasteiger charge is 2.40. The first kappa shape index (κ1) is 17.8. The van der Waals surface area contributed by atoms with Crippen LogP contribution in [0.15, 0.2) is 22.7 Å². The van der Waals surface area contributed by atoms with Crippen LogP contribution in [0.5, 0.6) is 0 Å². The summed E-state index contributed by atoms with van der Waals surface area (Å²) < 4.78 is 1.04. The summed E-state index contributed by atoms with van der Waals surface area (Å²) in [6.07, 6.45) is 5.58. The molecule has 0 aliphatic heterocycles. The number of halogens is 2. The van der Waals surface area contributed by atoms with Gasteiger partial charge in [-0.2, -0.15) is 0 Å². The zero-order valence-corrected chi connectivity index (χ0v) is 15.3. The van der Waals surface area contributed by atoms with Gasteiger partial charge in [0.25, 0.3) is 0 Å². The van der Waals surface area contributed by atoms with Crippen LogP contribution >= 0.6 is 28.3 Å². The van der Waals surface area contributed by atoms with Crippen LogP contribution in [0.3, 0.4) is 0 Å². The summed E-state index contributed by atoms with van der Waals surface area (Å²) in [4.78, 5) is 12.6. The lowest BCUT2D eigenvalue weighted by molar-refractivity contribution is -0.122. The zero-order valence-electron chi connectivity index (χ0n) is 12.8. The van der Waals surface area contributed by atoms with Crippen molar-refractivity contribution in [2.75, 3.05) is 5.32 Å². The highest BCUT2D eigenvalue weighted by Crippen LogP contribution is 2.42. The van der Waals surface area contributed by atoms with Crippen molar-refractivity contribution in [3.8, 4) is 0 Å². The fourth-order valence-electron chi connectivity index (χ4n) is 4.01. The van der Waals surface area contributed by atoms with Crippen LogP contribution in [0.1, 0.15) is 37.7 Å². The second kappa shape index (κ2) is 7.33. The summed E-state index contributed by atoms with van der Waals surface area (Å²) in [5.74, 6) is 1.38. The third kappa shape index (κ3) is 3.66. The highest BCUT2D eigenvalue weighted by molar-refractivity contribution is 9.10. The summed E-state index contributed by atoms with van der Waals surface area (Å²) in [6, 6.07) is 6.28. The van der Waals surface area contributed by atoms with Crippen molar-refractivity contribution in [1.82, 2.24) is 0 Å². The average Bonchev–Trinajstić information content (AvgIpc) is 2.41. The molecule has 3 rings (SSSR count). The molecule has 0 spiro atoms. The largest absolute Gasteiger partial charge is 0.327 e. The second-order valence-electron chi connectivity index (χ2n) is 6.65. The Hall–Kier alpha value is -0.580. The molecule has 2 saturated carbocycles. The summed E-state index contributed by atoms with van der Waals surface area (Å²) in [7, 11) is 0. The van der Waals surface area contributed by atoms with Crippen molar-refractivity contribution in [3.05, 3.63) is 28.2 Å². The Kier molecular flexibility index (Phi) is 5.92. The maximum atomic E-state index is 12.6. The van der Waals surface area contributed by atoms with Gasteiger partial charge in [0.15, 0.2) is 0 Å². The average molecular weight is 388 g/mol. The van der Waals surface area contributed by atoms with Crippen LogP contribution in [0.2, 0.25) is 0 Å². The van der Waals surface area contributed by atoms with Crippen molar-refractivity contribution >= 4 is 39.9 Å². The molecule has 0 heterocycles. The number of anilines is 1. The predicted molar refractivity (Wildman–Crippen MR) is 96.3 cm³/mol. The van der Waals surface area contributed by atoms with E-state index in [-0.39, 0.29) is 24.2 Å². The number of benzene rings is 1. The van der Waals surface area contributed by atoms with Crippen molar-refractivity contribution < 1.29 is 4.79 Å². The van der Waals surface area contributed by atoms with E-state index in [4.69, 9.17) is 5.73 Å². The van der Waals surface area contributed by atoms with Crippen LogP contribution in [0, 0.1) is 24.7 Å². The molecular weight excluding hydrogens is 364 g/mol. The van der Waals surface area contributed by atoms with E-state index < -0.39 is 0 Å². The molecule has 2 aliphatic carbocycles. The molecule has 0 saturated heterocycles. The monoisotopic (exact) mass is 386 g/mol. The van der Waals surface area contributed by atoms with Crippen molar-refractivity contribution in [3.63, 3.8) is 0 Å². The molecule has 2 bridgehead atoms. The van der Waals surface area contributed by atoms with Crippen molar-refractivity contribution in [2.45, 2.75) is 45.1 Å². The SMILES string of the molecule is Cc1cc(Br)ccc1NC(=O)C1CC2CCCC(C1)C2N.Cl. The van der Waals surface area contributed by atoms with Gasteiger partial charge < -0.3 is 11.1 Å². The van der Waals surface area contributed by atoms with E-state index in [1.165, 1.54) is 19.3 Å². The quantitative estimate of drug-likeness (QED) is 0.796. The molecule has 5 heteroatoms. The van der Waals surface area contributed by atoms with Crippen LogP contribution in [-0.4, -0.2) is 11.9 Å². The zero-order chi connectivity index (χ0) is 15.0. The summed E-state index contributed by atoms with van der Waals surface area (Å²) in [5.41, 5.74) is 8.31. The number of amides is 1. The third-order valence-electron chi connectivity index (χ3n) is 5.23. The lowest BCUT2D eigenvalue weighted by atomic mass is 9.65. The highest BCUT2D eigenvalue weighted by atomic mass is 79.9. The van der Waals surface area contributed by atoms with Gasteiger partial charge in [-0.05, 0) is 68.2 Å². The van der Waals surface area contributed by atoms with Gasteiger partial charge in [0, 0.05) is 22.1 Å². The van der Waals surface area contributed by atoms with Gasteiger partial charge in [0.2, 0.25) is 5.91 Å². The molecule has 0 aromatic heterocycles. The van der Waals surface area contributed by atoms with Crippen molar-refractivity contribution in [1.29, 1.82) is 0 Å². The van der Waals surface area contributed by atoms with E-state index in [2.05, 4.69) is 21.2 Å². The minimum absolute atomic E-state index is 0. The van der Waals surface area contributed by atoms with Crippen LogP contribution in [-0.2, 0) is 4.79 Å². The Morgan fingerprint density at radius 2 is 1.91 bits per heavy atom. The minimum atomic E-state index is 0. The van der Waals surface area contributed by atoms with E-state index in [1.54, 1.807) is 0 Å². The lowest BCUT2D eigenvalue weighted by Crippen LogP contribution is -2.48. The molecule has 3 N–H and O–H groups in total. The van der Waals surface area contributed by atoms with E-state index in [0.29, 0.717) is 17.9 Å². The van der Waals surface area contributed by atoms with E-state index in [1.807, 2.05) is 25.1 Å². The molecule has 2 atom stereocenters. The molecule has 22 heavy (non-hydrogen) atoms. The number of nitrogens with one attached hydrogen (secondary N) is 1. The first-order chi connectivity index (χ1) is 10.0. The Morgan fingerprint density at radius 1 is 1.27 bits per heavy atom. The predicted octanol–water partition coefficient (Wildman–Crippen LogP) is 4.27. The fourth-order valence-corrected chi connectivity index (χ4v) is 4.48. The number of hydrogen-bond acceptors (Lipinski definition) is 2. The summed E-state index contributed by atoms with van der Waals surface area (Å²) in [6.45, 7) is 2.02. The van der Waals surface area contributed by atoms with Crippen LogP contribution < -0.4 is 11.1 Å². The van der Waals surface area contributed by atoms with Crippen LogP contribution in [0.25, 0.3) is 0 Å². The molecular formula is C17H24BrClN2O. The number of rotatable bonds is 2. The number of carbonyl (C=O) groups is 1. The van der Waals surface area contributed by atoms with Gasteiger partial charge in [0.1, 0.15) is 0 Å². The Labute approximate surface area is 147 Å². The standard InChI is InChI=1S/C17H23BrN2O.ClH/c1-10-7-14(18)5-6-15(10)20-17(21)13-8-11-3-2-4-12(9-13)16(11)19;/h5-7,11-13,16H,2-4,8-9,19H2,1H3,(H,20,21);1H. The molecule has 1 amide bonds. The molecule has 122 valence electrons. The molecule has 3 nitrogen and oxygen atoms in total. The van der Waals surface area contributed by atoms with E-state index in [9.17, 15) is 4.79 Å². The van der Waals surface area contributed by atoms with Gasteiger partial charge in [0.05, 0.1) is 0 Å². The molecule has 1 aromatic rings. The van der Waals surface area contributed by atoms with Crippen LogP contribution in [0.4, 0.5) is 5.69 Å². The maximum Gasteiger partial charge on any atom is 0.227 e. The van der Waals surface area contributed by atoms with E-state index >= 15 is 0 Å². The van der Waals surface area contributed by atoms with Gasteiger partial charge >= 0.3 is 0 Å². The number of nitrogens with two attached hydrogens (primary N) is 1. The maximum absolute atomic E-state index is 12.6. The Balaban J connectivity index is 0.00000176. The number of fused-ring (bicyclic) bond motifs is 2. The Bertz CT molecular complexity index is 537. The first-order valence-electron chi connectivity index (χ1n) is 7.87.